The number of aryl methyl sites for hydroxylation is 1. The Morgan fingerprint density at radius 2 is 1.83 bits per heavy atom. The van der Waals surface area contributed by atoms with Gasteiger partial charge in [-0.15, -0.1) is 0 Å². The lowest BCUT2D eigenvalue weighted by molar-refractivity contribution is 0.0925. The lowest BCUT2D eigenvalue weighted by Gasteiger charge is -2.32. The Morgan fingerprint density at radius 1 is 1.13 bits per heavy atom. The van der Waals surface area contributed by atoms with Gasteiger partial charge in [0.2, 0.25) is 0 Å². The molecule has 1 amide bonds. The van der Waals surface area contributed by atoms with Gasteiger partial charge in [0.15, 0.2) is 0 Å². The molecule has 30 heavy (non-hydrogen) atoms. The van der Waals surface area contributed by atoms with Crippen LogP contribution in [0, 0.1) is 12.8 Å². The third kappa shape index (κ3) is 6.90. The molecule has 0 radical (unpaired) electrons. The molecule has 1 N–H and O–H groups in total. The smallest absolute Gasteiger partial charge is 0.251 e. The standard InChI is InChI=1S/C24H30Cl2N2O2/c1-17-3-5-19(6-4-17)24(29)27-16-18(2)9-12-28-13-10-20(11-14-28)30-21-7-8-22(25)23(26)15-21/h3-8,15,18,20H,9-14,16H2,1-2H3,(H,27,29). The summed E-state index contributed by atoms with van der Waals surface area (Å²) in [5, 5.41) is 4.12. The molecule has 0 aromatic heterocycles. The van der Waals surface area contributed by atoms with Crippen molar-refractivity contribution in [3.8, 4) is 5.75 Å². The molecule has 2 aromatic rings. The average molecular weight is 449 g/mol. The number of ether oxygens (including phenoxy) is 1. The van der Waals surface area contributed by atoms with Crippen LogP contribution in [0.25, 0.3) is 0 Å². The minimum absolute atomic E-state index is 0.00196. The second-order valence-electron chi connectivity index (χ2n) is 8.20. The number of piperidine rings is 1. The summed E-state index contributed by atoms with van der Waals surface area (Å²) in [6.07, 6.45) is 3.27. The van der Waals surface area contributed by atoms with Crippen LogP contribution in [0.3, 0.4) is 0 Å². The van der Waals surface area contributed by atoms with Gasteiger partial charge < -0.3 is 15.0 Å². The molecular formula is C24H30Cl2N2O2. The van der Waals surface area contributed by atoms with Crippen LogP contribution in [0.4, 0.5) is 0 Å². The molecule has 0 saturated carbocycles. The number of carbonyl (C=O) groups excluding carboxylic acids is 1. The van der Waals surface area contributed by atoms with Crippen molar-refractivity contribution in [2.24, 2.45) is 5.92 Å². The van der Waals surface area contributed by atoms with E-state index in [2.05, 4.69) is 17.1 Å². The maximum atomic E-state index is 12.2. The van der Waals surface area contributed by atoms with Crippen molar-refractivity contribution < 1.29 is 9.53 Å². The summed E-state index contributed by atoms with van der Waals surface area (Å²) in [6.45, 7) is 8.00. The van der Waals surface area contributed by atoms with Crippen LogP contribution in [0.2, 0.25) is 10.0 Å². The van der Waals surface area contributed by atoms with E-state index in [1.54, 1.807) is 12.1 Å². The van der Waals surface area contributed by atoms with Crippen molar-refractivity contribution in [1.82, 2.24) is 10.2 Å². The fourth-order valence-corrected chi connectivity index (χ4v) is 3.86. The maximum Gasteiger partial charge on any atom is 0.251 e. The first-order valence-corrected chi connectivity index (χ1v) is 11.3. The van der Waals surface area contributed by atoms with Crippen LogP contribution in [0.1, 0.15) is 42.1 Å². The quantitative estimate of drug-likeness (QED) is 0.570. The molecule has 0 aliphatic carbocycles. The molecule has 1 unspecified atom stereocenters. The normalized spacial score (nSPS) is 16.3. The summed E-state index contributed by atoms with van der Waals surface area (Å²) in [4.78, 5) is 14.7. The van der Waals surface area contributed by atoms with Crippen molar-refractivity contribution in [3.05, 3.63) is 63.6 Å². The monoisotopic (exact) mass is 448 g/mol. The van der Waals surface area contributed by atoms with Crippen LogP contribution in [-0.4, -0.2) is 43.1 Å². The number of nitrogens with zero attached hydrogens (tertiary/aromatic N) is 1. The molecule has 3 rings (SSSR count). The molecule has 6 heteroatoms. The number of hydrogen-bond donors (Lipinski definition) is 1. The zero-order valence-electron chi connectivity index (χ0n) is 17.7. The van der Waals surface area contributed by atoms with Crippen molar-refractivity contribution in [2.45, 2.75) is 39.2 Å². The van der Waals surface area contributed by atoms with E-state index in [4.69, 9.17) is 27.9 Å². The Morgan fingerprint density at radius 3 is 2.50 bits per heavy atom. The molecule has 0 spiro atoms. The molecule has 2 aromatic carbocycles. The number of likely N-dealkylation sites (tertiary alicyclic amines) is 1. The molecule has 162 valence electrons. The lowest BCUT2D eigenvalue weighted by atomic mass is 10.0. The van der Waals surface area contributed by atoms with Crippen molar-refractivity contribution in [1.29, 1.82) is 0 Å². The lowest BCUT2D eigenvalue weighted by Crippen LogP contribution is -2.39. The van der Waals surface area contributed by atoms with E-state index in [9.17, 15) is 4.79 Å². The Kier molecular flexibility index (Phi) is 8.43. The van der Waals surface area contributed by atoms with Crippen LogP contribution in [0.5, 0.6) is 5.75 Å². The number of hydrogen-bond acceptors (Lipinski definition) is 3. The maximum absolute atomic E-state index is 12.2. The number of carbonyl (C=O) groups is 1. The fourth-order valence-electron chi connectivity index (χ4n) is 3.57. The van der Waals surface area contributed by atoms with Gasteiger partial charge in [-0.25, -0.2) is 0 Å². The highest BCUT2D eigenvalue weighted by Gasteiger charge is 2.21. The van der Waals surface area contributed by atoms with Gasteiger partial charge in [0.1, 0.15) is 11.9 Å². The minimum atomic E-state index is 0.00196. The van der Waals surface area contributed by atoms with E-state index in [1.807, 2.05) is 37.3 Å². The Balaban J connectivity index is 1.33. The zero-order chi connectivity index (χ0) is 21.5. The Labute approximate surface area is 189 Å². The topological polar surface area (TPSA) is 41.6 Å². The summed E-state index contributed by atoms with van der Waals surface area (Å²) in [6, 6.07) is 13.1. The predicted octanol–water partition coefficient (Wildman–Crippen LogP) is 5.60. The van der Waals surface area contributed by atoms with Crippen LogP contribution in [-0.2, 0) is 0 Å². The highest BCUT2D eigenvalue weighted by molar-refractivity contribution is 6.42. The van der Waals surface area contributed by atoms with Gasteiger partial charge in [0, 0.05) is 31.3 Å². The number of halogens is 2. The number of rotatable bonds is 8. The van der Waals surface area contributed by atoms with Gasteiger partial charge in [0.25, 0.3) is 5.91 Å². The van der Waals surface area contributed by atoms with Gasteiger partial charge in [-0.05, 0) is 62.9 Å². The van der Waals surface area contributed by atoms with E-state index < -0.39 is 0 Å². The molecule has 1 heterocycles. The molecule has 1 aliphatic rings. The minimum Gasteiger partial charge on any atom is -0.490 e. The first kappa shape index (κ1) is 22.9. The molecule has 0 bridgehead atoms. The molecule has 1 saturated heterocycles. The molecule has 1 aliphatic heterocycles. The molecule has 1 atom stereocenters. The van der Waals surface area contributed by atoms with Crippen molar-refractivity contribution >= 4 is 29.1 Å². The van der Waals surface area contributed by atoms with Gasteiger partial charge in [0.05, 0.1) is 10.0 Å². The van der Waals surface area contributed by atoms with Gasteiger partial charge in [-0.1, -0.05) is 47.8 Å². The highest BCUT2D eigenvalue weighted by Crippen LogP contribution is 2.28. The second-order valence-corrected chi connectivity index (χ2v) is 9.02. The third-order valence-corrected chi connectivity index (χ3v) is 6.33. The number of amides is 1. The SMILES string of the molecule is Cc1ccc(C(=O)NCC(C)CCN2CCC(Oc3ccc(Cl)c(Cl)c3)CC2)cc1. The molecular weight excluding hydrogens is 419 g/mol. The van der Waals surface area contributed by atoms with E-state index in [0.29, 0.717) is 22.5 Å². The summed E-state index contributed by atoms with van der Waals surface area (Å²) in [5.41, 5.74) is 1.88. The van der Waals surface area contributed by atoms with Crippen molar-refractivity contribution in [3.63, 3.8) is 0 Å². The summed E-state index contributed by atoms with van der Waals surface area (Å²) >= 11 is 12.0. The molecule has 1 fully saturated rings. The van der Waals surface area contributed by atoms with E-state index in [1.165, 1.54) is 0 Å². The first-order valence-electron chi connectivity index (χ1n) is 10.6. The van der Waals surface area contributed by atoms with Crippen LogP contribution < -0.4 is 10.1 Å². The van der Waals surface area contributed by atoms with Gasteiger partial charge in [-0.3, -0.25) is 4.79 Å². The van der Waals surface area contributed by atoms with Gasteiger partial charge >= 0.3 is 0 Å². The zero-order valence-corrected chi connectivity index (χ0v) is 19.2. The summed E-state index contributed by atoms with van der Waals surface area (Å²) < 4.78 is 6.06. The summed E-state index contributed by atoms with van der Waals surface area (Å²) in [7, 11) is 0. The van der Waals surface area contributed by atoms with E-state index in [-0.39, 0.29) is 12.0 Å². The number of nitrogens with one attached hydrogen (secondary N) is 1. The highest BCUT2D eigenvalue weighted by atomic mass is 35.5. The van der Waals surface area contributed by atoms with E-state index >= 15 is 0 Å². The summed E-state index contributed by atoms with van der Waals surface area (Å²) in [5.74, 6) is 1.22. The average Bonchev–Trinajstić information content (AvgIpc) is 2.74. The van der Waals surface area contributed by atoms with Gasteiger partial charge in [-0.2, -0.15) is 0 Å². The van der Waals surface area contributed by atoms with Crippen LogP contribution >= 0.6 is 23.2 Å². The Bertz CT molecular complexity index is 834. The fraction of sp³-hybridized carbons (Fsp3) is 0.458. The van der Waals surface area contributed by atoms with E-state index in [0.717, 1.165) is 55.8 Å². The third-order valence-electron chi connectivity index (χ3n) is 5.59. The predicted molar refractivity (Wildman–Crippen MR) is 124 cm³/mol. The van der Waals surface area contributed by atoms with Crippen molar-refractivity contribution in [2.75, 3.05) is 26.2 Å². The second kappa shape index (κ2) is 11.0. The largest absolute Gasteiger partial charge is 0.490 e. The Hall–Kier alpha value is -1.75. The number of benzene rings is 2. The first-order chi connectivity index (χ1) is 14.4. The van der Waals surface area contributed by atoms with Crippen LogP contribution in [0.15, 0.2) is 42.5 Å². The molecule has 4 nitrogen and oxygen atoms in total.